The van der Waals surface area contributed by atoms with E-state index in [-0.39, 0.29) is 5.54 Å². The van der Waals surface area contributed by atoms with Gasteiger partial charge in [-0.25, -0.2) is 0 Å². The van der Waals surface area contributed by atoms with Crippen molar-refractivity contribution in [2.75, 3.05) is 23.0 Å². The monoisotopic (exact) mass is 270 g/mol. The van der Waals surface area contributed by atoms with Gasteiger partial charge in [-0.1, -0.05) is 5.10 Å². The quantitative estimate of drug-likeness (QED) is 0.905. The Morgan fingerprint density at radius 1 is 1.44 bits per heavy atom. The molecule has 1 aromatic heterocycles. The van der Waals surface area contributed by atoms with Crippen molar-refractivity contribution in [3.63, 3.8) is 0 Å². The largest absolute Gasteiger partial charge is 0.407 e. The number of aromatic nitrogens is 2. The molecule has 1 fully saturated rings. The summed E-state index contributed by atoms with van der Waals surface area (Å²) in [6.45, 7) is 10.2. The van der Waals surface area contributed by atoms with Crippen LogP contribution in [0.2, 0.25) is 0 Å². The average Bonchev–Trinajstić information content (AvgIpc) is 2.75. The maximum atomic E-state index is 5.72. The van der Waals surface area contributed by atoms with Crippen LogP contribution in [0.15, 0.2) is 4.42 Å². The van der Waals surface area contributed by atoms with Crippen molar-refractivity contribution in [2.45, 2.75) is 45.8 Å². The molecular formula is C12H22N4OS. The van der Waals surface area contributed by atoms with Gasteiger partial charge in [0.1, 0.15) is 0 Å². The van der Waals surface area contributed by atoms with Crippen LogP contribution >= 0.6 is 11.8 Å². The molecule has 2 heterocycles. The van der Waals surface area contributed by atoms with E-state index in [0.717, 1.165) is 18.1 Å². The summed E-state index contributed by atoms with van der Waals surface area (Å²) >= 11 is 1.98. The van der Waals surface area contributed by atoms with E-state index in [1.807, 2.05) is 11.8 Å². The highest BCUT2D eigenvalue weighted by Crippen LogP contribution is 2.22. The number of nitrogens with one attached hydrogen (secondary N) is 1. The second kappa shape index (κ2) is 5.48. The number of hydrogen-bond donors (Lipinski definition) is 1. The van der Waals surface area contributed by atoms with Gasteiger partial charge in [0.15, 0.2) is 0 Å². The maximum Gasteiger partial charge on any atom is 0.318 e. The van der Waals surface area contributed by atoms with Crippen molar-refractivity contribution in [3.8, 4) is 0 Å². The van der Waals surface area contributed by atoms with E-state index in [9.17, 15) is 0 Å². The van der Waals surface area contributed by atoms with Gasteiger partial charge in [0.25, 0.3) is 0 Å². The van der Waals surface area contributed by atoms with Crippen molar-refractivity contribution in [1.82, 2.24) is 15.5 Å². The third-order valence-electron chi connectivity index (χ3n) is 2.84. The first kappa shape index (κ1) is 13.7. The summed E-state index contributed by atoms with van der Waals surface area (Å²) in [6.07, 6.45) is 0. The first-order valence-corrected chi connectivity index (χ1v) is 7.53. The number of rotatable bonds is 3. The Morgan fingerprint density at radius 2 is 2.22 bits per heavy atom. The standard InChI is InChI=1S/C12H22N4OS/c1-9-8-18-6-5-16(9)11-15-14-10(17-11)7-13-12(2,3)4/h9,13H,5-8H2,1-4H3. The van der Waals surface area contributed by atoms with Crippen LogP contribution in [-0.4, -0.2) is 39.8 Å². The lowest BCUT2D eigenvalue weighted by atomic mass is 10.1. The fourth-order valence-electron chi connectivity index (χ4n) is 1.78. The van der Waals surface area contributed by atoms with Crippen LogP contribution in [0.5, 0.6) is 0 Å². The summed E-state index contributed by atoms with van der Waals surface area (Å²) < 4.78 is 5.72. The lowest BCUT2D eigenvalue weighted by molar-refractivity contribution is 0.379. The molecule has 18 heavy (non-hydrogen) atoms. The predicted molar refractivity (Wildman–Crippen MR) is 75.0 cm³/mol. The van der Waals surface area contributed by atoms with E-state index >= 15 is 0 Å². The molecule has 0 spiro atoms. The first-order chi connectivity index (χ1) is 8.46. The van der Waals surface area contributed by atoms with Crippen LogP contribution in [0.3, 0.4) is 0 Å². The Labute approximate surface area is 113 Å². The Balaban J connectivity index is 1.97. The van der Waals surface area contributed by atoms with Crippen LogP contribution in [0.4, 0.5) is 6.01 Å². The third-order valence-corrected chi connectivity index (χ3v) is 4.03. The molecule has 1 N–H and O–H groups in total. The molecule has 0 amide bonds. The molecule has 2 rings (SSSR count). The minimum absolute atomic E-state index is 0.0592. The molecule has 102 valence electrons. The van der Waals surface area contributed by atoms with Gasteiger partial charge in [0.2, 0.25) is 5.89 Å². The zero-order valence-electron chi connectivity index (χ0n) is 11.6. The second-order valence-corrected chi connectivity index (χ2v) is 6.85. The molecule has 1 aliphatic heterocycles. The molecule has 1 aliphatic rings. The molecule has 0 saturated carbocycles. The molecule has 0 radical (unpaired) electrons. The number of hydrogen-bond acceptors (Lipinski definition) is 6. The van der Waals surface area contributed by atoms with Gasteiger partial charge in [-0.15, -0.1) is 5.10 Å². The minimum atomic E-state index is 0.0592. The van der Waals surface area contributed by atoms with Gasteiger partial charge in [-0.2, -0.15) is 11.8 Å². The van der Waals surface area contributed by atoms with E-state index < -0.39 is 0 Å². The molecule has 0 aliphatic carbocycles. The molecule has 1 saturated heterocycles. The van der Waals surface area contributed by atoms with Crippen LogP contribution in [0.1, 0.15) is 33.6 Å². The highest BCUT2D eigenvalue weighted by Gasteiger charge is 2.23. The SMILES string of the molecule is CC1CSCCN1c1nnc(CNC(C)(C)C)o1. The first-order valence-electron chi connectivity index (χ1n) is 6.37. The van der Waals surface area contributed by atoms with Gasteiger partial charge in [-0.05, 0) is 27.7 Å². The summed E-state index contributed by atoms with van der Waals surface area (Å²) in [5, 5.41) is 11.6. The van der Waals surface area contributed by atoms with E-state index in [2.05, 4.69) is 48.1 Å². The fraction of sp³-hybridized carbons (Fsp3) is 0.833. The Kier molecular flexibility index (Phi) is 4.17. The topological polar surface area (TPSA) is 54.2 Å². The van der Waals surface area contributed by atoms with Gasteiger partial charge in [0, 0.05) is 29.6 Å². The third kappa shape index (κ3) is 3.62. The zero-order chi connectivity index (χ0) is 13.2. The van der Waals surface area contributed by atoms with Gasteiger partial charge >= 0.3 is 6.01 Å². The lowest BCUT2D eigenvalue weighted by Gasteiger charge is -2.31. The number of anilines is 1. The molecule has 0 aromatic carbocycles. The highest BCUT2D eigenvalue weighted by atomic mass is 32.2. The van der Waals surface area contributed by atoms with E-state index in [0.29, 0.717) is 24.5 Å². The summed E-state index contributed by atoms with van der Waals surface area (Å²) in [5.41, 5.74) is 0.0592. The summed E-state index contributed by atoms with van der Waals surface area (Å²) in [5.74, 6) is 2.91. The molecule has 6 heteroatoms. The molecular weight excluding hydrogens is 248 g/mol. The Hall–Kier alpha value is -0.750. The van der Waals surface area contributed by atoms with Crippen molar-refractivity contribution in [3.05, 3.63) is 5.89 Å². The lowest BCUT2D eigenvalue weighted by Crippen LogP contribution is -2.40. The molecule has 0 bridgehead atoms. The van der Waals surface area contributed by atoms with Crippen LogP contribution in [0, 0.1) is 0 Å². The van der Waals surface area contributed by atoms with Crippen molar-refractivity contribution >= 4 is 17.8 Å². The van der Waals surface area contributed by atoms with E-state index in [1.54, 1.807) is 0 Å². The van der Waals surface area contributed by atoms with Crippen molar-refractivity contribution in [2.24, 2.45) is 0 Å². The zero-order valence-corrected chi connectivity index (χ0v) is 12.4. The Morgan fingerprint density at radius 3 is 2.89 bits per heavy atom. The normalized spacial score (nSPS) is 21.3. The summed E-state index contributed by atoms with van der Waals surface area (Å²) in [6, 6.07) is 1.13. The van der Waals surface area contributed by atoms with Crippen molar-refractivity contribution < 1.29 is 4.42 Å². The predicted octanol–water partition coefficient (Wildman–Crippen LogP) is 1.90. The van der Waals surface area contributed by atoms with Gasteiger partial charge < -0.3 is 14.6 Å². The maximum absolute atomic E-state index is 5.72. The van der Waals surface area contributed by atoms with Crippen LogP contribution < -0.4 is 10.2 Å². The molecule has 1 unspecified atom stereocenters. The molecule has 5 nitrogen and oxygen atoms in total. The highest BCUT2D eigenvalue weighted by molar-refractivity contribution is 7.99. The van der Waals surface area contributed by atoms with Crippen LogP contribution in [-0.2, 0) is 6.54 Å². The second-order valence-electron chi connectivity index (χ2n) is 5.70. The Bertz CT molecular complexity index is 388. The van der Waals surface area contributed by atoms with E-state index in [1.165, 1.54) is 0 Å². The van der Waals surface area contributed by atoms with Gasteiger partial charge in [0.05, 0.1) is 6.54 Å². The number of nitrogens with zero attached hydrogens (tertiary/aromatic N) is 3. The average molecular weight is 270 g/mol. The van der Waals surface area contributed by atoms with Crippen molar-refractivity contribution in [1.29, 1.82) is 0 Å². The molecule has 1 atom stereocenters. The van der Waals surface area contributed by atoms with Crippen LogP contribution in [0.25, 0.3) is 0 Å². The summed E-state index contributed by atoms with van der Waals surface area (Å²) in [7, 11) is 0. The van der Waals surface area contributed by atoms with Gasteiger partial charge in [-0.3, -0.25) is 0 Å². The minimum Gasteiger partial charge on any atom is -0.407 e. The summed E-state index contributed by atoms with van der Waals surface area (Å²) in [4.78, 5) is 2.20. The number of thioether (sulfide) groups is 1. The molecule has 1 aromatic rings. The van der Waals surface area contributed by atoms with E-state index in [4.69, 9.17) is 4.42 Å². The fourth-order valence-corrected chi connectivity index (χ4v) is 2.80. The smallest absolute Gasteiger partial charge is 0.318 e.